The Morgan fingerprint density at radius 3 is 2.88 bits per heavy atom. The molecule has 0 aliphatic heterocycles. The molecular weight excluding hydrogens is 220 g/mol. The van der Waals surface area contributed by atoms with Crippen molar-refractivity contribution in [1.29, 1.82) is 5.26 Å². The Morgan fingerprint density at radius 2 is 2.31 bits per heavy atom. The molecule has 1 N–H and O–H groups in total. The van der Waals surface area contributed by atoms with Gasteiger partial charge in [-0.15, -0.1) is 11.8 Å². The number of nitrogens with zero attached hydrogens (tertiary/aromatic N) is 1. The molecule has 1 aromatic carbocycles. The zero-order valence-corrected chi connectivity index (χ0v) is 10.6. The fourth-order valence-electron chi connectivity index (χ4n) is 1.08. The van der Waals surface area contributed by atoms with Crippen LogP contribution in [0.5, 0.6) is 5.75 Å². The lowest BCUT2D eigenvalue weighted by Gasteiger charge is -2.19. The van der Waals surface area contributed by atoms with Gasteiger partial charge in [-0.25, -0.2) is 0 Å². The van der Waals surface area contributed by atoms with E-state index >= 15 is 0 Å². The van der Waals surface area contributed by atoms with Crippen molar-refractivity contribution >= 4 is 11.8 Å². The van der Waals surface area contributed by atoms with Crippen molar-refractivity contribution in [1.82, 2.24) is 5.32 Å². The highest BCUT2D eigenvalue weighted by atomic mass is 32.2. The fraction of sp³-hybridized carbons (Fsp3) is 0.417. The fourth-order valence-corrected chi connectivity index (χ4v) is 2.12. The third-order valence-corrected chi connectivity index (χ3v) is 3.68. The van der Waals surface area contributed by atoms with Gasteiger partial charge in [-0.1, -0.05) is 6.07 Å². The molecule has 1 atom stereocenters. The minimum absolute atomic E-state index is 0.492. The molecule has 0 heterocycles. The van der Waals surface area contributed by atoms with E-state index in [9.17, 15) is 0 Å². The van der Waals surface area contributed by atoms with Gasteiger partial charge >= 0.3 is 0 Å². The van der Waals surface area contributed by atoms with E-state index in [0.29, 0.717) is 5.75 Å². The monoisotopic (exact) mass is 236 g/mol. The van der Waals surface area contributed by atoms with Gasteiger partial charge in [0.15, 0.2) is 0 Å². The molecule has 0 aliphatic rings. The Balaban J connectivity index is 2.64. The van der Waals surface area contributed by atoms with Crippen LogP contribution >= 0.6 is 11.8 Å². The summed E-state index contributed by atoms with van der Waals surface area (Å²) in [6.45, 7) is 1.89. The molecule has 0 amide bonds. The number of ether oxygens (including phenoxy) is 1. The van der Waals surface area contributed by atoms with E-state index in [2.05, 4.69) is 11.4 Å². The third-order valence-electron chi connectivity index (χ3n) is 2.37. The number of thioether (sulfide) groups is 1. The Hall–Kier alpha value is -1.18. The van der Waals surface area contributed by atoms with Crippen molar-refractivity contribution < 1.29 is 4.74 Å². The van der Waals surface area contributed by atoms with E-state index in [1.807, 2.05) is 31.2 Å². The topological polar surface area (TPSA) is 45.0 Å². The van der Waals surface area contributed by atoms with Gasteiger partial charge in [-0.05, 0) is 32.2 Å². The Bertz CT molecular complexity index is 389. The van der Waals surface area contributed by atoms with Gasteiger partial charge in [0, 0.05) is 10.6 Å². The number of benzene rings is 1. The molecule has 0 fully saturated rings. The molecule has 86 valence electrons. The van der Waals surface area contributed by atoms with Crippen molar-refractivity contribution in [3.05, 3.63) is 24.3 Å². The van der Waals surface area contributed by atoms with Crippen LogP contribution in [0.1, 0.15) is 6.92 Å². The lowest BCUT2D eigenvalue weighted by molar-refractivity contribution is 0.413. The SMILES string of the molecule is CNC(C)(C#N)CSc1cccc(OC)c1. The summed E-state index contributed by atoms with van der Waals surface area (Å²) in [6.07, 6.45) is 0. The average molecular weight is 236 g/mol. The van der Waals surface area contributed by atoms with Crippen molar-refractivity contribution in [3.63, 3.8) is 0 Å². The number of hydrogen-bond acceptors (Lipinski definition) is 4. The first-order valence-electron chi connectivity index (χ1n) is 5.00. The normalized spacial score (nSPS) is 13.9. The van der Waals surface area contributed by atoms with Crippen molar-refractivity contribution in [3.8, 4) is 11.8 Å². The first-order valence-corrected chi connectivity index (χ1v) is 5.99. The Labute approximate surface area is 101 Å². The molecule has 4 heteroatoms. The summed E-state index contributed by atoms with van der Waals surface area (Å²) in [7, 11) is 3.45. The third kappa shape index (κ3) is 3.44. The summed E-state index contributed by atoms with van der Waals surface area (Å²) in [5, 5.41) is 12.0. The molecule has 1 unspecified atom stereocenters. The van der Waals surface area contributed by atoms with Gasteiger partial charge in [0.05, 0.1) is 13.2 Å². The molecule has 0 saturated carbocycles. The summed E-state index contributed by atoms with van der Waals surface area (Å²) >= 11 is 1.64. The highest BCUT2D eigenvalue weighted by Gasteiger charge is 2.21. The number of methoxy groups -OCH3 is 1. The quantitative estimate of drug-likeness (QED) is 0.797. The predicted octanol–water partition coefficient (Wildman–Crippen LogP) is 2.29. The largest absolute Gasteiger partial charge is 0.497 e. The van der Waals surface area contributed by atoms with E-state index in [1.54, 1.807) is 25.9 Å². The van der Waals surface area contributed by atoms with Gasteiger partial charge in [-0.2, -0.15) is 5.26 Å². The molecule has 3 nitrogen and oxygen atoms in total. The molecule has 1 aromatic rings. The zero-order valence-electron chi connectivity index (χ0n) is 9.78. The number of nitriles is 1. The standard InChI is InChI=1S/C12H16N2OS/c1-12(8-13,14-2)9-16-11-6-4-5-10(7-11)15-3/h4-7,14H,9H2,1-3H3. The summed E-state index contributed by atoms with van der Waals surface area (Å²) < 4.78 is 5.15. The van der Waals surface area contributed by atoms with Crippen LogP contribution in [-0.2, 0) is 0 Å². The lowest BCUT2D eigenvalue weighted by Crippen LogP contribution is -2.40. The first-order chi connectivity index (χ1) is 7.63. The maximum Gasteiger partial charge on any atom is 0.119 e. The molecule has 0 spiro atoms. The van der Waals surface area contributed by atoms with E-state index in [4.69, 9.17) is 10.00 Å². The summed E-state index contributed by atoms with van der Waals surface area (Å²) in [4.78, 5) is 1.11. The van der Waals surface area contributed by atoms with Gasteiger partial charge in [0.25, 0.3) is 0 Å². The Morgan fingerprint density at radius 1 is 1.56 bits per heavy atom. The minimum Gasteiger partial charge on any atom is -0.497 e. The maximum atomic E-state index is 9.01. The highest BCUT2D eigenvalue weighted by molar-refractivity contribution is 7.99. The van der Waals surface area contributed by atoms with Crippen LogP contribution in [0.25, 0.3) is 0 Å². The van der Waals surface area contributed by atoms with E-state index < -0.39 is 5.54 Å². The van der Waals surface area contributed by atoms with Gasteiger partial charge in [-0.3, -0.25) is 0 Å². The molecule has 0 bridgehead atoms. The van der Waals surface area contributed by atoms with Crippen molar-refractivity contribution in [2.75, 3.05) is 19.9 Å². The van der Waals surface area contributed by atoms with E-state index in [-0.39, 0.29) is 0 Å². The number of hydrogen-bond donors (Lipinski definition) is 1. The summed E-state index contributed by atoms with van der Waals surface area (Å²) in [6, 6.07) is 10.1. The molecule has 0 aliphatic carbocycles. The Kier molecular flexibility index (Phi) is 4.66. The van der Waals surface area contributed by atoms with Crippen molar-refractivity contribution in [2.45, 2.75) is 17.4 Å². The molecule has 0 aromatic heterocycles. The van der Waals surface area contributed by atoms with Crippen LogP contribution in [0, 0.1) is 11.3 Å². The second-order valence-electron chi connectivity index (χ2n) is 3.66. The number of nitrogens with one attached hydrogen (secondary N) is 1. The van der Waals surface area contributed by atoms with Gasteiger partial charge in [0.1, 0.15) is 11.3 Å². The highest BCUT2D eigenvalue weighted by Crippen LogP contribution is 2.25. The van der Waals surface area contributed by atoms with Crippen LogP contribution in [0.15, 0.2) is 29.2 Å². The van der Waals surface area contributed by atoms with Crippen LogP contribution in [0.4, 0.5) is 0 Å². The van der Waals surface area contributed by atoms with Crippen LogP contribution in [0.3, 0.4) is 0 Å². The predicted molar refractivity (Wildman–Crippen MR) is 66.8 cm³/mol. The van der Waals surface area contributed by atoms with Crippen LogP contribution in [-0.4, -0.2) is 25.4 Å². The molecule has 1 rings (SSSR count). The average Bonchev–Trinajstić information content (AvgIpc) is 2.36. The second kappa shape index (κ2) is 5.78. The maximum absolute atomic E-state index is 9.01. The van der Waals surface area contributed by atoms with E-state index in [1.165, 1.54) is 0 Å². The molecular formula is C12H16N2OS. The van der Waals surface area contributed by atoms with Crippen LogP contribution < -0.4 is 10.1 Å². The number of rotatable bonds is 5. The smallest absolute Gasteiger partial charge is 0.119 e. The summed E-state index contributed by atoms with van der Waals surface area (Å²) in [5.41, 5.74) is -0.492. The lowest BCUT2D eigenvalue weighted by atomic mass is 10.1. The zero-order chi connectivity index (χ0) is 12.0. The van der Waals surface area contributed by atoms with Gasteiger partial charge < -0.3 is 10.1 Å². The molecule has 16 heavy (non-hydrogen) atoms. The van der Waals surface area contributed by atoms with Crippen molar-refractivity contribution in [2.24, 2.45) is 0 Å². The minimum atomic E-state index is -0.492. The molecule has 0 radical (unpaired) electrons. The summed E-state index contributed by atoms with van der Waals surface area (Å²) in [5.74, 6) is 1.54. The van der Waals surface area contributed by atoms with Crippen LogP contribution in [0.2, 0.25) is 0 Å². The molecule has 0 saturated heterocycles. The van der Waals surface area contributed by atoms with E-state index in [0.717, 1.165) is 10.6 Å². The second-order valence-corrected chi connectivity index (χ2v) is 4.71. The first kappa shape index (κ1) is 12.9. The van der Waals surface area contributed by atoms with Gasteiger partial charge in [0.2, 0.25) is 0 Å².